The summed E-state index contributed by atoms with van der Waals surface area (Å²) in [6.07, 6.45) is 2.29. The molecule has 1 aromatic rings. The Kier molecular flexibility index (Phi) is 3.63. The summed E-state index contributed by atoms with van der Waals surface area (Å²) in [5.41, 5.74) is 1.96. The number of halogens is 1. The first kappa shape index (κ1) is 13.1. The van der Waals surface area contributed by atoms with Crippen molar-refractivity contribution < 1.29 is 4.79 Å². The number of likely N-dealkylation sites (tertiary alicyclic amines) is 1. The molecule has 2 unspecified atom stereocenters. The van der Waals surface area contributed by atoms with Crippen molar-refractivity contribution in [1.29, 1.82) is 0 Å². The Morgan fingerprint density at radius 2 is 2.26 bits per heavy atom. The molecule has 1 aromatic carbocycles. The minimum Gasteiger partial charge on any atom is -0.338 e. The lowest BCUT2D eigenvalue weighted by molar-refractivity contribution is 0.0662. The van der Waals surface area contributed by atoms with Gasteiger partial charge in [0, 0.05) is 29.2 Å². The van der Waals surface area contributed by atoms with Gasteiger partial charge >= 0.3 is 0 Å². The number of fused-ring (bicyclic) bond motifs is 1. The van der Waals surface area contributed by atoms with Crippen LogP contribution in [0.25, 0.3) is 0 Å². The lowest BCUT2D eigenvalue weighted by Gasteiger charge is -2.35. The molecule has 0 spiro atoms. The number of nitrogens with one attached hydrogen (secondary N) is 1. The average molecular weight is 323 g/mol. The van der Waals surface area contributed by atoms with Crippen LogP contribution in [-0.4, -0.2) is 36.5 Å². The number of aryl methyl sites for hydroxylation is 1. The van der Waals surface area contributed by atoms with Crippen LogP contribution in [0.4, 0.5) is 0 Å². The Hall–Kier alpha value is -0.870. The molecule has 0 saturated carbocycles. The first-order valence-electron chi connectivity index (χ1n) is 6.94. The molecule has 0 radical (unpaired) electrons. The molecular formula is C15H19BrN2O. The quantitative estimate of drug-likeness (QED) is 0.862. The number of carbonyl (C=O) groups is 1. The van der Waals surface area contributed by atoms with E-state index in [1.54, 1.807) is 0 Å². The third kappa shape index (κ3) is 2.56. The van der Waals surface area contributed by atoms with Gasteiger partial charge < -0.3 is 10.2 Å². The first-order valence-corrected chi connectivity index (χ1v) is 7.73. The summed E-state index contributed by atoms with van der Waals surface area (Å²) in [6.45, 7) is 4.92. The topological polar surface area (TPSA) is 32.3 Å². The molecule has 0 bridgehead atoms. The molecule has 2 atom stereocenters. The molecule has 3 nitrogen and oxygen atoms in total. The molecule has 2 saturated heterocycles. The SMILES string of the molecule is Cc1ccc(C(=O)N2CCC3NCCC3C2)cc1Br. The van der Waals surface area contributed by atoms with Crippen molar-refractivity contribution in [1.82, 2.24) is 10.2 Å². The Bertz CT molecular complexity index is 503. The number of hydrogen-bond donors (Lipinski definition) is 1. The van der Waals surface area contributed by atoms with E-state index in [1.165, 1.54) is 6.42 Å². The smallest absolute Gasteiger partial charge is 0.253 e. The molecule has 0 aliphatic carbocycles. The fourth-order valence-corrected chi connectivity index (χ4v) is 3.52. The van der Waals surface area contributed by atoms with Crippen molar-refractivity contribution in [3.63, 3.8) is 0 Å². The van der Waals surface area contributed by atoms with E-state index in [2.05, 4.69) is 21.2 Å². The Morgan fingerprint density at radius 1 is 1.42 bits per heavy atom. The Morgan fingerprint density at radius 3 is 3.05 bits per heavy atom. The van der Waals surface area contributed by atoms with Crippen LogP contribution in [-0.2, 0) is 0 Å². The molecule has 0 aromatic heterocycles. The van der Waals surface area contributed by atoms with E-state index in [0.717, 1.165) is 41.7 Å². The zero-order valence-electron chi connectivity index (χ0n) is 11.2. The fraction of sp³-hybridized carbons (Fsp3) is 0.533. The molecule has 1 amide bonds. The van der Waals surface area contributed by atoms with Gasteiger partial charge in [-0.25, -0.2) is 0 Å². The average Bonchev–Trinajstić information content (AvgIpc) is 2.88. The van der Waals surface area contributed by atoms with Gasteiger partial charge in [-0.1, -0.05) is 22.0 Å². The third-order valence-electron chi connectivity index (χ3n) is 4.36. The number of nitrogens with zero attached hydrogens (tertiary/aromatic N) is 1. The van der Waals surface area contributed by atoms with E-state index in [-0.39, 0.29) is 5.91 Å². The molecule has 2 heterocycles. The fourth-order valence-electron chi connectivity index (χ4n) is 3.14. The minimum absolute atomic E-state index is 0.172. The predicted molar refractivity (Wildman–Crippen MR) is 79.3 cm³/mol. The van der Waals surface area contributed by atoms with E-state index in [0.29, 0.717) is 12.0 Å². The van der Waals surface area contributed by atoms with Gasteiger partial charge in [-0.3, -0.25) is 4.79 Å². The standard InChI is InChI=1S/C15H19BrN2O/c1-10-2-3-11(8-13(10)16)15(19)18-7-5-14-12(9-18)4-6-17-14/h2-3,8,12,14,17H,4-7,9H2,1H3. The lowest BCUT2D eigenvalue weighted by atomic mass is 9.93. The van der Waals surface area contributed by atoms with Gasteiger partial charge in [0.1, 0.15) is 0 Å². The monoisotopic (exact) mass is 322 g/mol. The van der Waals surface area contributed by atoms with E-state index >= 15 is 0 Å². The highest BCUT2D eigenvalue weighted by Gasteiger charge is 2.34. The summed E-state index contributed by atoms with van der Waals surface area (Å²) in [7, 11) is 0. The normalized spacial score (nSPS) is 26.3. The van der Waals surface area contributed by atoms with Crippen LogP contribution in [0.1, 0.15) is 28.8 Å². The Labute approximate surface area is 122 Å². The Balaban J connectivity index is 1.74. The van der Waals surface area contributed by atoms with Gasteiger partial charge in [0.05, 0.1) is 0 Å². The molecule has 4 heteroatoms. The van der Waals surface area contributed by atoms with Gasteiger partial charge in [-0.15, -0.1) is 0 Å². The number of hydrogen-bond acceptors (Lipinski definition) is 2. The summed E-state index contributed by atoms with van der Waals surface area (Å²) in [4.78, 5) is 14.6. The van der Waals surface area contributed by atoms with Crippen LogP contribution in [0, 0.1) is 12.8 Å². The maximum atomic E-state index is 12.5. The van der Waals surface area contributed by atoms with Crippen LogP contribution in [0.2, 0.25) is 0 Å². The van der Waals surface area contributed by atoms with Gasteiger partial charge in [0.25, 0.3) is 5.91 Å². The van der Waals surface area contributed by atoms with Crippen LogP contribution >= 0.6 is 15.9 Å². The van der Waals surface area contributed by atoms with Gasteiger partial charge in [-0.2, -0.15) is 0 Å². The summed E-state index contributed by atoms with van der Waals surface area (Å²) < 4.78 is 1.01. The molecule has 19 heavy (non-hydrogen) atoms. The summed E-state index contributed by atoms with van der Waals surface area (Å²) in [5.74, 6) is 0.817. The predicted octanol–water partition coefficient (Wildman–Crippen LogP) is 2.58. The van der Waals surface area contributed by atoms with Crippen molar-refractivity contribution in [3.05, 3.63) is 33.8 Å². The number of benzene rings is 1. The van der Waals surface area contributed by atoms with Crippen molar-refractivity contribution in [2.24, 2.45) is 5.92 Å². The van der Waals surface area contributed by atoms with E-state index in [4.69, 9.17) is 0 Å². The van der Waals surface area contributed by atoms with Crippen molar-refractivity contribution in [2.45, 2.75) is 25.8 Å². The second-order valence-electron chi connectivity index (χ2n) is 5.61. The first-order chi connectivity index (χ1) is 9.15. The zero-order valence-corrected chi connectivity index (χ0v) is 12.7. The second-order valence-corrected chi connectivity index (χ2v) is 6.47. The van der Waals surface area contributed by atoms with Crippen LogP contribution in [0.15, 0.2) is 22.7 Å². The summed E-state index contributed by atoms with van der Waals surface area (Å²) >= 11 is 3.50. The second kappa shape index (κ2) is 5.25. The largest absolute Gasteiger partial charge is 0.338 e. The van der Waals surface area contributed by atoms with Crippen LogP contribution in [0.5, 0.6) is 0 Å². The molecular weight excluding hydrogens is 304 g/mol. The van der Waals surface area contributed by atoms with E-state index in [9.17, 15) is 4.79 Å². The minimum atomic E-state index is 0.172. The third-order valence-corrected chi connectivity index (χ3v) is 5.22. The number of rotatable bonds is 1. The maximum absolute atomic E-state index is 12.5. The van der Waals surface area contributed by atoms with Crippen molar-refractivity contribution in [3.8, 4) is 0 Å². The molecule has 102 valence electrons. The molecule has 2 fully saturated rings. The molecule has 3 rings (SSSR count). The maximum Gasteiger partial charge on any atom is 0.253 e. The zero-order chi connectivity index (χ0) is 13.4. The number of carbonyl (C=O) groups excluding carboxylic acids is 1. The van der Waals surface area contributed by atoms with Crippen molar-refractivity contribution in [2.75, 3.05) is 19.6 Å². The number of amides is 1. The molecule has 1 N–H and O–H groups in total. The van der Waals surface area contributed by atoms with E-state index < -0.39 is 0 Å². The summed E-state index contributed by atoms with van der Waals surface area (Å²) in [5, 5.41) is 3.53. The van der Waals surface area contributed by atoms with Gasteiger partial charge in [-0.05, 0) is 49.9 Å². The number of piperidine rings is 1. The summed E-state index contributed by atoms with van der Waals surface area (Å²) in [6, 6.07) is 6.51. The van der Waals surface area contributed by atoms with Crippen molar-refractivity contribution >= 4 is 21.8 Å². The van der Waals surface area contributed by atoms with Crippen LogP contribution in [0.3, 0.4) is 0 Å². The lowest BCUT2D eigenvalue weighted by Crippen LogP contribution is -2.46. The highest BCUT2D eigenvalue weighted by atomic mass is 79.9. The van der Waals surface area contributed by atoms with Crippen LogP contribution < -0.4 is 5.32 Å². The highest BCUT2D eigenvalue weighted by Crippen LogP contribution is 2.26. The van der Waals surface area contributed by atoms with E-state index in [1.807, 2.05) is 30.0 Å². The van der Waals surface area contributed by atoms with Gasteiger partial charge in [0.15, 0.2) is 0 Å². The highest BCUT2D eigenvalue weighted by molar-refractivity contribution is 9.10. The molecule has 2 aliphatic heterocycles. The van der Waals surface area contributed by atoms with Gasteiger partial charge in [0.2, 0.25) is 0 Å². The molecule has 2 aliphatic rings.